The number of carbonyl (C=O) groups excluding carboxylic acids is 1. The first-order chi connectivity index (χ1) is 16.5. The number of alkyl halides is 3. The van der Waals surface area contributed by atoms with Gasteiger partial charge in [0, 0.05) is 5.69 Å². The highest BCUT2D eigenvalue weighted by Crippen LogP contribution is 2.24. The second-order valence-corrected chi connectivity index (χ2v) is 6.69. The third kappa shape index (κ3) is 7.31. The number of anilines is 1. The summed E-state index contributed by atoms with van der Waals surface area (Å²) in [6.45, 7) is -0.372. The van der Waals surface area contributed by atoms with Crippen LogP contribution in [0.5, 0.6) is 17.4 Å². The molecule has 0 saturated heterocycles. The van der Waals surface area contributed by atoms with Crippen molar-refractivity contribution in [2.24, 2.45) is 0 Å². The van der Waals surface area contributed by atoms with Gasteiger partial charge in [-0.25, -0.2) is 0 Å². The van der Waals surface area contributed by atoms with Crippen molar-refractivity contribution in [3.05, 3.63) is 80.4 Å². The van der Waals surface area contributed by atoms with Crippen LogP contribution < -0.4 is 20.3 Å². The number of aromatic nitrogens is 2. The zero-order valence-electron chi connectivity index (χ0n) is 17.4. The van der Waals surface area contributed by atoms with Crippen LogP contribution in [-0.2, 0) is 4.79 Å². The molecule has 182 valence electrons. The summed E-state index contributed by atoms with van der Waals surface area (Å²) < 4.78 is 45.6. The third-order valence-corrected chi connectivity index (χ3v) is 4.13. The number of hydrogen-bond donors (Lipinski definition) is 3. The molecule has 2 aromatic carbocycles. The first-order valence-corrected chi connectivity index (χ1v) is 9.54. The number of aromatic hydroxyl groups is 1. The van der Waals surface area contributed by atoms with Crippen LogP contribution in [0.15, 0.2) is 53.3 Å². The lowest BCUT2D eigenvalue weighted by Gasteiger charge is -2.10. The molecule has 1 amide bonds. The standard InChI is InChI=1S/C21H15F3N4O7/c22-21(23,24)35-15-8-4-13(5-9-15)25-17(29)11-34-14-6-1-12(2-7-14)3-10-16-26-19(30)18(28(32)33)20(31)27-16/h1-10H,11H2,(H,25,29)(H2,26,27,30,31)/b10-3+. The van der Waals surface area contributed by atoms with E-state index in [0.717, 1.165) is 12.1 Å². The Bertz CT molecular complexity index is 1300. The Morgan fingerprint density at radius 1 is 1.11 bits per heavy atom. The topological polar surface area (TPSA) is 157 Å². The molecule has 0 unspecified atom stereocenters. The molecule has 0 spiro atoms. The van der Waals surface area contributed by atoms with E-state index in [2.05, 4.69) is 20.0 Å². The van der Waals surface area contributed by atoms with Gasteiger partial charge in [-0.3, -0.25) is 19.7 Å². The van der Waals surface area contributed by atoms with Gasteiger partial charge in [0.2, 0.25) is 0 Å². The third-order valence-electron chi connectivity index (χ3n) is 4.13. The van der Waals surface area contributed by atoms with E-state index >= 15 is 0 Å². The Balaban J connectivity index is 1.53. The minimum atomic E-state index is -4.81. The van der Waals surface area contributed by atoms with Gasteiger partial charge in [-0.05, 0) is 48.0 Å². The van der Waals surface area contributed by atoms with E-state index in [1.807, 2.05) is 0 Å². The van der Waals surface area contributed by atoms with Gasteiger partial charge in [0.15, 0.2) is 6.61 Å². The largest absolute Gasteiger partial charge is 0.573 e. The maximum absolute atomic E-state index is 12.2. The van der Waals surface area contributed by atoms with Gasteiger partial charge >= 0.3 is 17.6 Å². The van der Waals surface area contributed by atoms with Crippen LogP contribution in [0.25, 0.3) is 12.2 Å². The van der Waals surface area contributed by atoms with Crippen molar-refractivity contribution in [1.82, 2.24) is 9.97 Å². The van der Waals surface area contributed by atoms with E-state index in [4.69, 9.17) is 4.74 Å². The zero-order chi connectivity index (χ0) is 25.6. The van der Waals surface area contributed by atoms with Gasteiger partial charge in [-0.1, -0.05) is 18.2 Å². The fourth-order valence-corrected chi connectivity index (χ4v) is 2.65. The van der Waals surface area contributed by atoms with Crippen LogP contribution in [-0.4, -0.2) is 38.9 Å². The summed E-state index contributed by atoms with van der Waals surface area (Å²) in [4.78, 5) is 39.0. The van der Waals surface area contributed by atoms with Crippen molar-refractivity contribution in [2.75, 3.05) is 11.9 Å². The lowest BCUT2D eigenvalue weighted by molar-refractivity contribution is -0.387. The minimum Gasteiger partial charge on any atom is -0.488 e. The smallest absolute Gasteiger partial charge is 0.488 e. The van der Waals surface area contributed by atoms with Crippen molar-refractivity contribution in [3.8, 4) is 17.4 Å². The van der Waals surface area contributed by atoms with Crippen LogP contribution in [0.3, 0.4) is 0 Å². The van der Waals surface area contributed by atoms with Crippen molar-refractivity contribution >= 4 is 29.4 Å². The number of nitrogens with one attached hydrogen (secondary N) is 2. The molecular formula is C21H15F3N4O7. The highest BCUT2D eigenvalue weighted by Gasteiger charge is 2.31. The zero-order valence-corrected chi connectivity index (χ0v) is 17.4. The molecule has 0 fully saturated rings. The molecule has 0 bridgehead atoms. The number of H-pyrrole nitrogens is 1. The fourth-order valence-electron chi connectivity index (χ4n) is 2.65. The van der Waals surface area contributed by atoms with Crippen LogP contribution in [0, 0.1) is 10.1 Å². The molecule has 3 N–H and O–H groups in total. The molecule has 1 aromatic heterocycles. The van der Waals surface area contributed by atoms with Gasteiger partial charge in [0.05, 0.1) is 4.92 Å². The molecule has 3 rings (SSSR count). The Kier molecular flexibility index (Phi) is 7.34. The maximum atomic E-state index is 12.2. The predicted octanol–water partition coefficient (Wildman–Crippen LogP) is 3.47. The molecule has 14 heteroatoms. The molecule has 0 aliphatic rings. The van der Waals surface area contributed by atoms with Crippen molar-refractivity contribution in [2.45, 2.75) is 6.36 Å². The fraction of sp³-hybridized carbons (Fsp3) is 0.0952. The number of rotatable bonds is 8. The number of hydrogen-bond acceptors (Lipinski definition) is 8. The molecule has 1 heterocycles. The van der Waals surface area contributed by atoms with E-state index < -0.39 is 40.1 Å². The predicted molar refractivity (Wildman–Crippen MR) is 116 cm³/mol. The van der Waals surface area contributed by atoms with Crippen LogP contribution in [0.1, 0.15) is 11.4 Å². The van der Waals surface area contributed by atoms with Crippen molar-refractivity contribution in [1.29, 1.82) is 0 Å². The second kappa shape index (κ2) is 10.4. The molecule has 35 heavy (non-hydrogen) atoms. The molecule has 0 aliphatic heterocycles. The summed E-state index contributed by atoms with van der Waals surface area (Å²) in [5.74, 6) is -1.75. The number of ether oxygens (including phenoxy) is 2. The number of amides is 1. The van der Waals surface area contributed by atoms with E-state index in [-0.39, 0.29) is 18.1 Å². The molecule has 0 saturated carbocycles. The highest BCUT2D eigenvalue weighted by molar-refractivity contribution is 5.91. The number of nitro groups is 1. The summed E-state index contributed by atoms with van der Waals surface area (Å²) in [6.07, 6.45) is -1.99. The number of aromatic amines is 1. The van der Waals surface area contributed by atoms with Crippen LogP contribution in [0.4, 0.5) is 24.5 Å². The van der Waals surface area contributed by atoms with Crippen molar-refractivity contribution < 1.29 is 37.5 Å². The van der Waals surface area contributed by atoms with Gasteiger partial charge < -0.3 is 24.9 Å². The number of nitrogens with zero attached hydrogens (tertiary/aromatic N) is 2. The van der Waals surface area contributed by atoms with Crippen LogP contribution >= 0.6 is 0 Å². The van der Waals surface area contributed by atoms with Gasteiger partial charge in [0.25, 0.3) is 11.8 Å². The molecule has 3 aromatic rings. The normalized spacial score (nSPS) is 11.3. The minimum absolute atomic E-state index is 0.104. The van der Waals surface area contributed by atoms with Crippen LogP contribution in [0.2, 0.25) is 0 Å². The Labute approximate surface area is 193 Å². The average molecular weight is 492 g/mol. The Morgan fingerprint density at radius 3 is 2.31 bits per heavy atom. The second-order valence-electron chi connectivity index (χ2n) is 6.69. The van der Waals surface area contributed by atoms with Gasteiger partial charge in [0.1, 0.15) is 17.3 Å². The number of carbonyl (C=O) groups is 1. The summed E-state index contributed by atoms with van der Waals surface area (Å²) in [5, 5.41) is 22.7. The van der Waals surface area contributed by atoms with Crippen molar-refractivity contribution in [3.63, 3.8) is 0 Å². The van der Waals surface area contributed by atoms with Gasteiger partial charge in [-0.15, -0.1) is 13.2 Å². The SMILES string of the molecule is O=C(COc1ccc(/C=C/c2nc(O)c([N+](=O)[O-])c(=O)[nH]2)cc1)Nc1ccc(OC(F)(F)F)cc1. The molecule has 0 aliphatic carbocycles. The van der Waals surface area contributed by atoms with E-state index in [1.54, 1.807) is 24.3 Å². The first kappa shape index (κ1) is 24.8. The summed E-state index contributed by atoms with van der Waals surface area (Å²) >= 11 is 0. The highest BCUT2D eigenvalue weighted by atomic mass is 19.4. The quantitative estimate of drug-likeness (QED) is 0.319. The first-order valence-electron chi connectivity index (χ1n) is 9.54. The summed E-state index contributed by atoms with van der Waals surface area (Å²) in [6, 6.07) is 10.9. The lowest BCUT2D eigenvalue weighted by atomic mass is 10.2. The molecular weight excluding hydrogens is 477 g/mol. The lowest BCUT2D eigenvalue weighted by Crippen LogP contribution is -2.20. The Morgan fingerprint density at radius 2 is 1.74 bits per heavy atom. The molecule has 0 radical (unpaired) electrons. The number of benzene rings is 2. The number of halogens is 3. The van der Waals surface area contributed by atoms with E-state index in [1.165, 1.54) is 24.3 Å². The monoisotopic (exact) mass is 492 g/mol. The molecule has 11 nitrogen and oxygen atoms in total. The van der Waals surface area contributed by atoms with Gasteiger partial charge in [-0.2, -0.15) is 4.98 Å². The van der Waals surface area contributed by atoms with E-state index in [0.29, 0.717) is 11.3 Å². The summed E-state index contributed by atoms with van der Waals surface area (Å²) in [7, 11) is 0. The maximum Gasteiger partial charge on any atom is 0.573 e. The van der Waals surface area contributed by atoms with E-state index in [9.17, 15) is 38.0 Å². The average Bonchev–Trinajstić information content (AvgIpc) is 2.76. The molecule has 0 atom stereocenters. The Hall–Kier alpha value is -4.88. The summed E-state index contributed by atoms with van der Waals surface area (Å²) in [5.41, 5.74) is -1.30.